The Morgan fingerprint density at radius 1 is 1.38 bits per heavy atom. The Morgan fingerprint density at radius 3 is 2.31 bits per heavy atom. The summed E-state index contributed by atoms with van der Waals surface area (Å²) < 4.78 is 48.1. The second kappa shape index (κ2) is 4.59. The van der Waals surface area contributed by atoms with Crippen molar-refractivity contribution in [2.75, 3.05) is 18.1 Å². The summed E-state index contributed by atoms with van der Waals surface area (Å²) in [5, 5.41) is 8.19. The molecule has 6 nitrogen and oxygen atoms in total. The van der Waals surface area contributed by atoms with Crippen molar-refractivity contribution < 1.29 is 21.9 Å². The highest BCUT2D eigenvalue weighted by molar-refractivity contribution is 7.95. The van der Waals surface area contributed by atoms with Crippen LogP contribution in [0.4, 0.5) is 0 Å². The van der Waals surface area contributed by atoms with E-state index in [0.29, 0.717) is 0 Å². The van der Waals surface area contributed by atoms with Crippen LogP contribution in [0.3, 0.4) is 0 Å². The quantitative estimate of drug-likeness (QED) is 0.663. The SMILES string of the molecule is CC(C)CNS(=O)(=O)[C@@H]1CS(=O)(=O)C[C@H]1O. The Bertz CT molecular complexity index is 439. The molecular weight excluding hydrogens is 254 g/mol. The molecule has 16 heavy (non-hydrogen) atoms. The minimum atomic E-state index is -3.75. The van der Waals surface area contributed by atoms with E-state index < -0.39 is 42.7 Å². The Kier molecular flexibility index (Phi) is 3.99. The van der Waals surface area contributed by atoms with E-state index in [1.54, 1.807) is 0 Å². The fourth-order valence-corrected chi connectivity index (χ4v) is 5.84. The van der Waals surface area contributed by atoms with Gasteiger partial charge in [0, 0.05) is 6.54 Å². The Hall–Kier alpha value is -0.180. The summed E-state index contributed by atoms with van der Waals surface area (Å²) >= 11 is 0. The topological polar surface area (TPSA) is 101 Å². The first-order chi connectivity index (χ1) is 7.14. The lowest BCUT2D eigenvalue weighted by molar-refractivity contribution is 0.203. The molecule has 0 aromatic carbocycles. The minimum Gasteiger partial charge on any atom is -0.391 e. The van der Waals surface area contributed by atoms with Gasteiger partial charge in [-0.15, -0.1) is 0 Å². The monoisotopic (exact) mass is 271 g/mol. The molecule has 0 aromatic rings. The average Bonchev–Trinajstić information content (AvgIpc) is 2.37. The molecule has 96 valence electrons. The standard InChI is InChI=1S/C8H17NO5S2/c1-6(2)3-9-16(13,14)8-5-15(11,12)4-7(8)10/h6-10H,3-5H2,1-2H3/t7-,8-/m1/s1. The summed E-state index contributed by atoms with van der Waals surface area (Å²) in [7, 11) is -7.19. The van der Waals surface area contributed by atoms with Crippen molar-refractivity contribution in [1.82, 2.24) is 4.72 Å². The van der Waals surface area contributed by atoms with Crippen LogP contribution in [0.15, 0.2) is 0 Å². The van der Waals surface area contributed by atoms with Crippen molar-refractivity contribution in [1.29, 1.82) is 0 Å². The van der Waals surface area contributed by atoms with Gasteiger partial charge in [-0.2, -0.15) is 0 Å². The average molecular weight is 271 g/mol. The number of nitrogens with one attached hydrogen (secondary N) is 1. The smallest absolute Gasteiger partial charge is 0.218 e. The maximum atomic E-state index is 11.7. The molecule has 1 fully saturated rings. The zero-order valence-electron chi connectivity index (χ0n) is 9.25. The van der Waals surface area contributed by atoms with Gasteiger partial charge in [0.1, 0.15) is 5.25 Å². The number of sulfone groups is 1. The first-order valence-electron chi connectivity index (χ1n) is 5.01. The summed E-state index contributed by atoms with van der Waals surface area (Å²) in [5.41, 5.74) is 0. The van der Waals surface area contributed by atoms with Gasteiger partial charge in [0.2, 0.25) is 10.0 Å². The first kappa shape index (κ1) is 13.9. The van der Waals surface area contributed by atoms with Crippen molar-refractivity contribution in [2.45, 2.75) is 25.2 Å². The summed E-state index contributed by atoms with van der Waals surface area (Å²) in [6.07, 6.45) is -1.32. The fourth-order valence-electron chi connectivity index (χ4n) is 1.48. The van der Waals surface area contributed by atoms with Gasteiger partial charge in [0.15, 0.2) is 9.84 Å². The van der Waals surface area contributed by atoms with Gasteiger partial charge in [-0.05, 0) is 5.92 Å². The van der Waals surface area contributed by atoms with Crippen LogP contribution in [0, 0.1) is 5.92 Å². The number of rotatable bonds is 4. The van der Waals surface area contributed by atoms with Crippen LogP contribution >= 0.6 is 0 Å². The zero-order valence-corrected chi connectivity index (χ0v) is 10.9. The number of hydrogen-bond donors (Lipinski definition) is 2. The van der Waals surface area contributed by atoms with Crippen LogP contribution in [0.25, 0.3) is 0 Å². The second-order valence-corrected chi connectivity index (χ2v) is 8.61. The maximum absolute atomic E-state index is 11.7. The molecule has 0 radical (unpaired) electrons. The molecule has 2 atom stereocenters. The second-order valence-electron chi connectivity index (χ2n) is 4.47. The normalized spacial score (nSPS) is 29.8. The Balaban J connectivity index is 2.78. The first-order valence-corrected chi connectivity index (χ1v) is 8.38. The van der Waals surface area contributed by atoms with Gasteiger partial charge in [0.25, 0.3) is 0 Å². The molecule has 0 aliphatic carbocycles. The molecule has 0 spiro atoms. The van der Waals surface area contributed by atoms with E-state index in [2.05, 4.69) is 4.72 Å². The van der Waals surface area contributed by atoms with E-state index in [9.17, 15) is 21.9 Å². The molecule has 1 rings (SSSR count). The van der Waals surface area contributed by atoms with Gasteiger partial charge in [-0.25, -0.2) is 21.6 Å². The number of hydrogen-bond acceptors (Lipinski definition) is 5. The van der Waals surface area contributed by atoms with Gasteiger partial charge >= 0.3 is 0 Å². The highest BCUT2D eigenvalue weighted by Gasteiger charge is 2.44. The third-order valence-electron chi connectivity index (χ3n) is 2.36. The highest BCUT2D eigenvalue weighted by atomic mass is 32.2. The molecule has 0 aromatic heterocycles. The molecule has 0 saturated carbocycles. The molecule has 0 unspecified atom stereocenters. The van der Waals surface area contributed by atoms with Gasteiger partial charge in [0.05, 0.1) is 17.6 Å². The van der Waals surface area contributed by atoms with Crippen molar-refractivity contribution in [3.8, 4) is 0 Å². The van der Waals surface area contributed by atoms with E-state index in [4.69, 9.17) is 0 Å². The van der Waals surface area contributed by atoms with E-state index >= 15 is 0 Å². The van der Waals surface area contributed by atoms with Crippen LogP contribution in [0.2, 0.25) is 0 Å². The molecule has 0 amide bonds. The van der Waals surface area contributed by atoms with Crippen LogP contribution in [0.5, 0.6) is 0 Å². The molecule has 1 saturated heterocycles. The number of aliphatic hydroxyl groups is 1. The fraction of sp³-hybridized carbons (Fsp3) is 1.00. The zero-order chi connectivity index (χ0) is 12.6. The number of aliphatic hydroxyl groups excluding tert-OH is 1. The van der Waals surface area contributed by atoms with Gasteiger partial charge in [-0.3, -0.25) is 0 Å². The number of sulfonamides is 1. The molecule has 8 heteroatoms. The van der Waals surface area contributed by atoms with E-state index in [1.165, 1.54) is 0 Å². The molecular formula is C8H17NO5S2. The van der Waals surface area contributed by atoms with Crippen LogP contribution < -0.4 is 4.72 Å². The molecule has 1 heterocycles. The van der Waals surface area contributed by atoms with Crippen LogP contribution in [-0.4, -0.2) is 51.3 Å². The minimum absolute atomic E-state index is 0.130. The molecule has 0 bridgehead atoms. The van der Waals surface area contributed by atoms with Crippen molar-refractivity contribution >= 4 is 19.9 Å². The highest BCUT2D eigenvalue weighted by Crippen LogP contribution is 2.19. The molecule has 1 aliphatic heterocycles. The third kappa shape index (κ3) is 3.41. The Labute approximate surface area is 96.0 Å². The molecule has 1 aliphatic rings. The third-order valence-corrected chi connectivity index (χ3v) is 6.14. The van der Waals surface area contributed by atoms with Crippen molar-refractivity contribution in [3.05, 3.63) is 0 Å². The van der Waals surface area contributed by atoms with Gasteiger partial charge < -0.3 is 5.11 Å². The van der Waals surface area contributed by atoms with Crippen molar-refractivity contribution in [2.24, 2.45) is 5.92 Å². The van der Waals surface area contributed by atoms with Gasteiger partial charge in [-0.1, -0.05) is 13.8 Å². The maximum Gasteiger partial charge on any atom is 0.218 e. The van der Waals surface area contributed by atoms with E-state index in [1.807, 2.05) is 13.8 Å². The predicted molar refractivity (Wildman–Crippen MR) is 60.2 cm³/mol. The summed E-state index contributed by atoms with van der Waals surface area (Å²) in [5.74, 6) is -0.841. The summed E-state index contributed by atoms with van der Waals surface area (Å²) in [4.78, 5) is 0. The summed E-state index contributed by atoms with van der Waals surface area (Å²) in [6.45, 7) is 3.92. The predicted octanol–water partition coefficient (Wildman–Crippen LogP) is -1.28. The lowest BCUT2D eigenvalue weighted by Gasteiger charge is -2.15. The van der Waals surface area contributed by atoms with Crippen LogP contribution in [-0.2, 0) is 19.9 Å². The lowest BCUT2D eigenvalue weighted by atomic mass is 10.2. The van der Waals surface area contributed by atoms with E-state index in [-0.39, 0.29) is 12.5 Å². The van der Waals surface area contributed by atoms with Crippen LogP contribution in [0.1, 0.15) is 13.8 Å². The lowest BCUT2D eigenvalue weighted by Crippen LogP contribution is -2.42. The van der Waals surface area contributed by atoms with E-state index in [0.717, 1.165) is 0 Å². The summed E-state index contributed by atoms with van der Waals surface area (Å²) in [6, 6.07) is 0. The largest absolute Gasteiger partial charge is 0.391 e. The molecule has 2 N–H and O–H groups in total. The Morgan fingerprint density at radius 2 is 1.94 bits per heavy atom. The van der Waals surface area contributed by atoms with Crippen molar-refractivity contribution in [3.63, 3.8) is 0 Å².